The second kappa shape index (κ2) is 11.7. The summed E-state index contributed by atoms with van der Waals surface area (Å²) in [4.78, 5) is 31.1. The van der Waals surface area contributed by atoms with Crippen molar-refractivity contribution in [3.63, 3.8) is 0 Å². The van der Waals surface area contributed by atoms with Crippen LogP contribution in [0, 0.1) is 28.1 Å². The van der Waals surface area contributed by atoms with E-state index in [4.69, 9.17) is 5.73 Å². The summed E-state index contributed by atoms with van der Waals surface area (Å²) in [6.07, 6.45) is 1.49. The summed E-state index contributed by atoms with van der Waals surface area (Å²) in [7, 11) is 1.81. The molecule has 0 saturated carbocycles. The maximum atomic E-state index is 12.3. The van der Waals surface area contributed by atoms with E-state index in [1.54, 1.807) is 12.1 Å². The number of anilines is 1. The first-order valence-electron chi connectivity index (χ1n) is 11.2. The largest absolute Gasteiger partial charge is 0.368 e. The standard InChI is InChI=1S/C26H31N5O2S/c1-6-18-19(15-27)24(31(5)14-10-13-21(32)26(2,3)4)30-25(20(18)16-28)34-22(23(29)33)17-11-8-7-9-12-17/h7-9,11-12,22H,6,10,13-14H2,1-5H3,(H2,29,33). The van der Waals surface area contributed by atoms with Crippen LogP contribution in [-0.4, -0.2) is 30.3 Å². The summed E-state index contributed by atoms with van der Waals surface area (Å²) in [5.41, 5.74) is 7.22. The number of nitriles is 2. The van der Waals surface area contributed by atoms with Crippen LogP contribution in [0.3, 0.4) is 0 Å². The Morgan fingerprint density at radius 2 is 1.76 bits per heavy atom. The van der Waals surface area contributed by atoms with Crippen LogP contribution in [-0.2, 0) is 16.0 Å². The molecular formula is C26H31N5O2S. The van der Waals surface area contributed by atoms with Gasteiger partial charge >= 0.3 is 0 Å². The Balaban J connectivity index is 2.47. The number of rotatable bonds is 10. The molecule has 0 spiro atoms. The molecule has 1 unspecified atom stereocenters. The van der Waals surface area contributed by atoms with Gasteiger partial charge in [-0.05, 0) is 24.0 Å². The summed E-state index contributed by atoms with van der Waals surface area (Å²) in [6, 6.07) is 13.5. The van der Waals surface area contributed by atoms with Gasteiger partial charge in [0.2, 0.25) is 5.91 Å². The van der Waals surface area contributed by atoms with Crippen molar-refractivity contribution in [1.29, 1.82) is 10.5 Å². The van der Waals surface area contributed by atoms with Gasteiger partial charge in [-0.1, -0.05) is 69.8 Å². The molecule has 2 N–H and O–H groups in total. The van der Waals surface area contributed by atoms with Gasteiger partial charge in [-0.25, -0.2) is 4.98 Å². The Morgan fingerprint density at radius 1 is 1.15 bits per heavy atom. The first-order chi connectivity index (χ1) is 16.0. The van der Waals surface area contributed by atoms with Crippen LogP contribution in [0.2, 0.25) is 0 Å². The van der Waals surface area contributed by atoms with Gasteiger partial charge < -0.3 is 10.6 Å². The molecule has 0 aliphatic carbocycles. The van der Waals surface area contributed by atoms with E-state index in [1.807, 2.05) is 57.8 Å². The van der Waals surface area contributed by atoms with Crippen molar-refractivity contribution in [1.82, 2.24) is 4.98 Å². The zero-order chi connectivity index (χ0) is 25.5. The number of benzene rings is 1. The van der Waals surface area contributed by atoms with Crippen LogP contribution in [0.5, 0.6) is 0 Å². The summed E-state index contributed by atoms with van der Waals surface area (Å²) in [5.74, 6) is 0.0621. The van der Waals surface area contributed by atoms with E-state index in [0.717, 1.165) is 11.8 Å². The monoisotopic (exact) mass is 477 g/mol. The lowest BCUT2D eigenvalue weighted by Crippen LogP contribution is -2.25. The summed E-state index contributed by atoms with van der Waals surface area (Å²) in [5, 5.41) is 19.4. The van der Waals surface area contributed by atoms with Gasteiger partial charge in [0.05, 0.1) is 11.1 Å². The minimum Gasteiger partial charge on any atom is -0.368 e. The quantitative estimate of drug-likeness (QED) is 0.498. The number of aromatic nitrogens is 1. The SMILES string of the molecule is CCc1c(C#N)c(SC(C(N)=O)c2ccccc2)nc(N(C)CCCC(=O)C(C)(C)C)c1C#N. The van der Waals surface area contributed by atoms with E-state index in [1.165, 1.54) is 0 Å². The molecule has 1 aromatic heterocycles. The molecule has 8 heteroatoms. The number of primary amides is 1. The molecule has 1 atom stereocenters. The number of nitrogens with two attached hydrogens (primary N) is 1. The number of hydrogen-bond acceptors (Lipinski definition) is 7. The van der Waals surface area contributed by atoms with Crippen LogP contribution in [0.15, 0.2) is 35.4 Å². The number of hydrogen-bond donors (Lipinski definition) is 1. The molecule has 0 saturated heterocycles. The van der Waals surface area contributed by atoms with Gasteiger partial charge in [0, 0.05) is 25.4 Å². The normalized spacial score (nSPS) is 11.9. The lowest BCUT2D eigenvalue weighted by Gasteiger charge is -2.24. The minimum atomic E-state index is -0.735. The number of amides is 1. The van der Waals surface area contributed by atoms with Gasteiger partial charge in [0.1, 0.15) is 34.0 Å². The van der Waals surface area contributed by atoms with E-state index in [-0.39, 0.29) is 11.3 Å². The van der Waals surface area contributed by atoms with Crippen molar-refractivity contribution in [2.75, 3.05) is 18.5 Å². The van der Waals surface area contributed by atoms with Gasteiger partial charge in [-0.2, -0.15) is 10.5 Å². The van der Waals surface area contributed by atoms with E-state index in [9.17, 15) is 20.1 Å². The number of ketones is 1. The maximum Gasteiger partial charge on any atom is 0.235 e. The van der Waals surface area contributed by atoms with Crippen molar-refractivity contribution < 1.29 is 9.59 Å². The topological polar surface area (TPSA) is 124 Å². The van der Waals surface area contributed by atoms with Crippen molar-refractivity contribution in [3.8, 4) is 12.1 Å². The maximum absolute atomic E-state index is 12.3. The first kappa shape index (κ1) is 26.9. The highest BCUT2D eigenvalue weighted by Crippen LogP contribution is 2.39. The molecule has 1 amide bonds. The fraction of sp³-hybridized carbons (Fsp3) is 0.423. The number of carbonyl (C=O) groups is 2. The predicted molar refractivity (Wildman–Crippen MR) is 134 cm³/mol. The molecule has 7 nitrogen and oxygen atoms in total. The van der Waals surface area contributed by atoms with Crippen molar-refractivity contribution in [3.05, 3.63) is 52.6 Å². The Hall–Kier alpha value is -3.36. The summed E-state index contributed by atoms with van der Waals surface area (Å²) < 4.78 is 0. The van der Waals surface area contributed by atoms with Crippen LogP contribution >= 0.6 is 11.8 Å². The molecule has 34 heavy (non-hydrogen) atoms. The highest BCUT2D eigenvalue weighted by Gasteiger charge is 2.27. The Bertz CT molecular complexity index is 1130. The fourth-order valence-corrected chi connectivity index (χ4v) is 4.59. The molecule has 178 valence electrons. The van der Waals surface area contributed by atoms with E-state index < -0.39 is 16.6 Å². The lowest BCUT2D eigenvalue weighted by molar-refractivity contribution is -0.126. The highest BCUT2D eigenvalue weighted by molar-refractivity contribution is 8.00. The molecule has 0 bridgehead atoms. The fourth-order valence-electron chi connectivity index (χ4n) is 3.53. The third kappa shape index (κ3) is 6.36. The Morgan fingerprint density at radius 3 is 2.26 bits per heavy atom. The highest BCUT2D eigenvalue weighted by atomic mass is 32.2. The zero-order valence-corrected chi connectivity index (χ0v) is 21.2. The third-order valence-electron chi connectivity index (χ3n) is 5.51. The van der Waals surface area contributed by atoms with Crippen LogP contribution in [0.4, 0.5) is 5.82 Å². The smallest absolute Gasteiger partial charge is 0.235 e. The van der Waals surface area contributed by atoms with Crippen LogP contribution in [0.1, 0.15) is 68.0 Å². The molecule has 2 aromatic rings. The molecule has 2 rings (SSSR count). The summed E-state index contributed by atoms with van der Waals surface area (Å²) >= 11 is 1.12. The Kier molecular flexibility index (Phi) is 9.23. The first-order valence-corrected chi connectivity index (χ1v) is 12.1. The Labute approximate surface area is 206 Å². The predicted octanol–water partition coefficient (Wildman–Crippen LogP) is 4.54. The number of pyridine rings is 1. The van der Waals surface area contributed by atoms with Gasteiger partial charge in [-0.15, -0.1) is 0 Å². The average molecular weight is 478 g/mol. The molecule has 0 fully saturated rings. The van der Waals surface area contributed by atoms with Crippen LogP contribution < -0.4 is 10.6 Å². The summed E-state index contributed by atoms with van der Waals surface area (Å²) in [6.45, 7) is 8.08. The second-order valence-corrected chi connectivity index (χ2v) is 10.1. The van der Waals surface area contributed by atoms with Crippen molar-refractivity contribution >= 4 is 29.3 Å². The van der Waals surface area contributed by atoms with Crippen molar-refractivity contribution in [2.45, 2.75) is 57.2 Å². The molecular weight excluding hydrogens is 446 g/mol. The van der Waals surface area contributed by atoms with Gasteiger partial charge in [0.15, 0.2) is 0 Å². The number of carbonyl (C=O) groups excluding carboxylic acids is 2. The van der Waals surface area contributed by atoms with E-state index in [2.05, 4.69) is 17.1 Å². The van der Waals surface area contributed by atoms with Gasteiger partial charge in [-0.3, -0.25) is 9.59 Å². The molecule has 1 heterocycles. The number of nitrogens with zero attached hydrogens (tertiary/aromatic N) is 4. The lowest BCUT2D eigenvalue weighted by atomic mass is 9.88. The third-order valence-corrected chi connectivity index (χ3v) is 6.77. The van der Waals surface area contributed by atoms with E-state index >= 15 is 0 Å². The zero-order valence-electron chi connectivity index (χ0n) is 20.4. The minimum absolute atomic E-state index is 0.173. The van der Waals surface area contributed by atoms with E-state index in [0.29, 0.717) is 53.3 Å². The number of Topliss-reactive ketones (excluding diaryl/α,β-unsaturated/α-hetero) is 1. The molecule has 1 aromatic carbocycles. The van der Waals surface area contributed by atoms with Gasteiger partial charge in [0.25, 0.3) is 0 Å². The second-order valence-electron chi connectivity index (χ2n) is 9.06. The molecule has 0 radical (unpaired) electrons. The molecule has 0 aliphatic rings. The van der Waals surface area contributed by atoms with Crippen molar-refractivity contribution in [2.24, 2.45) is 11.1 Å². The van der Waals surface area contributed by atoms with Crippen LogP contribution in [0.25, 0.3) is 0 Å². The average Bonchev–Trinajstić information content (AvgIpc) is 2.80. The number of thioether (sulfide) groups is 1. The molecule has 0 aliphatic heterocycles.